The smallest absolute Gasteiger partial charge is 0.224 e. The molecule has 0 spiro atoms. The van der Waals surface area contributed by atoms with Gasteiger partial charge < -0.3 is 9.88 Å². The maximum absolute atomic E-state index is 13.0. The number of anilines is 1. The van der Waals surface area contributed by atoms with Gasteiger partial charge in [0.05, 0.1) is 11.0 Å². The van der Waals surface area contributed by atoms with Crippen molar-refractivity contribution in [1.29, 1.82) is 0 Å². The Morgan fingerprint density at radius 3 is 2.53 bits per heavy atom. The molecule has 30 heavy (non-hydrogen) atoms. The van der Waals surface area contributed by atoms with Gasteiger partial charge in [0.15, 0.2) is 5.43 Å². The van der Waals surface area contributed by atoms with Crippen LogP contribution in [0.4, 0.5) is 5.69 Å². The molecular formula is C25H23BrN2O2. The zero-order chi connectivity index (χ0) is 21.3. The van der Waals surface area contributed by atoms with Gasteiger partial charge in [-0.2, -0.15) is 0 Å². The van der Waals surface area contributed by atoms with Crippen LogP contribution in [0.2, 0.25) is 0 Å². The SMILES string of the molecule is Cc1ccc2c(c1)c(=O)c1ccccc1n2CCCC(=O)Nc1ccc(Br)cc1C. The van der Waals surface area contributed by atoms with E-state index in [1.54, 1.807) is 0 Å². The van der Waals surface area contributed by atoms with Crippen LogP contribution < -0.4 is 10.7 Å². The molecule has 0 bridgehead atoms. The average Bonchev–Trinajstić information content (AvgIpc) is 2.73. The first kappa shape index (κ1) is 20.4. The number of pyridine rings is 1. The molecule has 0 saturated carbocycles. The van der Waals surface area contributed by atoms with Crippen molar-refractivity contribution in [2.45, 2.75) is 33.2 Å². The highest BCUT2D eigenvalue weighted by Crippen LogP contribution is 2.22. The van der Waals surface area contributed by atoms with Gasteiger partial charge >= 0.3 is 0 Å². The third-order valence-corrected chi connectivity index (χ3v) is 5.87. The average molecular weight is 463 g/mol. The Kier molecular flexibility index (Phi) is 5.73. The highest BCUT2D eigenvalue weighted by Gasteiger charge is 2.12. The van der Waals surface area contributed by atoms with Crippen LogP contribution in [0.25, 0.3) is 21.8 Å². The van der Waals surface area contributed by atoms with Gasteiger partial charge in [0.25, 0.3) is 0 Å². The number of aromatic nitrogens is 1. The second kappa shape index (κ2) is 8.44. The highest BCUT2D eigenvalue weighted by atomic mass is 79.9. The quantitative estimate of drug-likeness (QED) is 0.372. The molecule has 0 aliphatic heterocycles. The van der Waals surface area contributed by atoms with E-state index in [1.807, 2.05) is 74.5 Å². The lowest BCUT2D eigenvalue weighted by atomic mass is 10.1. The van der Waals surface area contributed by atoms with Gasteiger partial charge in [0.2, 0.25) is 5.91 Å². The lowest BCUT2D eigenvalue weighted by molar-refractivity contribution is -0.116. The molecule has 4 rings (SSSR count). The number of nitrogens with one attached hydrogen (secondary N) is 1. The molecule has 0 aliphatic rings. The molecule has 4 aromatic rings. The predicted molar refractivity (Wildman–Crippen MR) is 127 cm³/mol. The number of halogens is 1. The van der Waals surface area contributed by atoms with Crippen LogP contribution in [-0.2, 0) is 11.3 Å². The molecule has 152 valence electrons. The molecule has 0 saturated heterocycles. The molecule has 4 nitrogen and oxygen atoms in total. The van der Waals surface area contributed by atoms with Crippen LogP contribution in [0.5, 0.6) is 0 Å². The third-order valence-electron chi connectivity index (χ3n) is 5.38. The summed E-state index contributed by atoms with van der Waals surface area (Å²) < 4.78 is 3.15. The number of para-hydroxylation sites is 1. The first-order chi connectivity index (χ1) is 14.4. The van der Waals surface area contributed by atoms with Crippen LogP contribution in [0.3, 0.4) is 0 Å². The third kappa shape index (κ3) is 4.03. The fourth-order valence-corrected chi connectivity index (χ4v) is 4.34. The number of aryl methyl sites for hydroxylation is 3. The number of carbonyl (C=O) groups excluding carboxylic acids is 1. The number of amides is 1. The Hall–Kier alpha value is -2.92. The Balaban J connectivity index is 1.58. The van der Waals surface area contributed by atoms with E-state index in [0.29, 0.717) is 24.8 Å². The number of hydrogen-bond donors (Lipinski definition) is 1. The van der Waals surface area contributed by atoms with Crippen molar-refractivity contribution >= 4 is 49.3 Å². The molecule has 1 N–H and O–H groups in total. The summed E-state index contributed by atoms with van der Waals surface area (Å²) in [5, 5.41) is 4.43. The molecular weight excluding hydrogens is 440 g/mol. The topological polar surface area (TPSA) is 51.1 Å². The van der Waals surface area contributed by atoms with Crippen LogP contribution in [0.1, 0.15) is 24.0 Å². The summed E-state index contributed by atoms with van der Waals surface area (Å²) >= 11 is 3.44. The van der Waals surface area contributed by atoms with E-state index >= 15 is 0 Å². The molecule has 0 aliphatic carbocycles. The molecule has 0 unspecified atom stereocenters. The van der Waals surface area contributed by atoms with Gasteiger partial charge in [-0.15, -0.1) is 0 Å². The van der Waals surface area contributed by atoms with Gasteiger partial charge in [-0.05, 0) is 68.3 Å². The summed E-state index contributed by atoms with van der Waals surface area (Å²) in [5.74, 6) is -0.00840. The van der Waals surface area contributed by atoms with Gasteiger partial charge in [0, 0.05) is 33.9 Å². The van der Waals surface area contributed by atoms with Crippen molar-refractivity contribution in [2.75, 3.05) is 5.32 Å². The Morgan fingerprint density at radius 1 is 0.967 bits per heavy atom. The van der Waals surface area contributed by atoms with Crippen molar-refractivity contribution in [2.24, 2.45) is 0 Å². The van der Waals surface area contributed by atoms with Crippen molar-refractivity contribution in [3.8, 4) is 0 Å². The zero-order valence-corrected chi connectivity index (χ0v) is 18.6. The van der Waals surface area contributed by atoms with Crippen molar-refractivity contribution in [3.05, 3.63) is 86.5 Å². The Labute approximate surface area is 183 Å². The molecule has 1 aromatic heterocycles. The van der Waals surface area contributed by atoms with E-state index < -0.39 is 0 Å². The standard InChI is InChI=1S/C25H23BrN2O2/c1-16-9-12-23-20(14-16)25(30)19-6-3-4-7-22(19)28(23)13-5-8-24(29)27-21-11-10-18(26)15-17(21)2/h3-4,6-7,9-12,14-15H,5,8,13H2,1-2H3,(H,27,29). The lowest BCUT2D eigenvalue weighted by Crippen LogP contribution is -2.15. The number of carbonyl (C=O) groups is 1. The summed E-state index contributed by atoms with van der Waals surface area (Å²) in [4.78, 5) is 25.4. The summed E-state index contributed by atoms with van der Waals surface area (Å²) in [6.07, 6.45) is 1.08. The summed E-state index contributed by atoms with van der Waals surface area (Å²) in [6.45, 7) is 4.63. The number of rotatable bonds is 5. The fourth-order valence-electron chi connectivity index (χ4n) is 3.86. The van der Waals surface area contributed by atoms with E-state index in [-0.39, 0.29) is 11.3 Å². The van der Waals surface area contributed by atoms with Crippen LogP contribution in [-0.4, -0.2) is 10.5 Å². The maximum atomic E-state index is 13.0. The molecule has 0 fully saturated rings. The number of hydrogen-bond acceptors (Lipinski definition) is 2. The minimum Gasteiger partial charge on any atom is -0.340 e. The largest absolute Gasteiger partial charge is 0.340 e. The molecule has 3 aromatic carbocycles. The van der Waals surface area contributed by atoms with Gasteiger partial charge in [-0.3, -0.25) is 9.59 Å². The van der Waals surface area contributed by atoms with Crippen molar-refractivity contribution in [3.63, 3.8) is 0 Å². The van der Waals surface area contributed by atoms with E-state index in [0.717, 1.165) is 37.7 Å². The maximum Gasteiger partial charge on any atom is 0.224 e. The zero-order valence-electron chi connectivity index (χ0n) is 17.0. The normalized spacial score (nSPS) is 11.2. The van der Waals surface area contributed by atoms with E-state index in [4.69, 9.17) is 0 Å². The number of benzene rings is 3. The molecule has 5 heteroatoms. The van der Waals surface area contributed by atoms with Crippen LogP contribution >= 0.6 is 15.9 Å². The summed E-state index contributed by atoms with van der Waals surface area (Å²) in [6, 6.07) is 19.5. The highest BCUT2D eigenvalue weighted by molar-refractivity contribution is 9.10. The first-order valence-electron chi connectivity index (χ1n) is 10.0. The molecule has 0 radical (unpaired) electrons. The van der Waals surface area contributed by atoms with Gasteiger partial charge in [-0.1, -0.05) is 39.7 Å². The second-order valence-corrected chi connectivity index (χ2v) is 8.55. The van der Waals surface area contributed by atoms with E-state index in [9.17, 15) is 9.59 Å². The Morgan fingerprint density at radius 2 is 1.73 bits per heavy atom. The van der Waals surface area contributed by atoms with Crippen molar-refractivity contribution < 1.29 is 4.79 Å². The van der Waals surface area contributed by atoms with Crippen LogP contribution in [0.15, 0.2) is 69.9 Å². The monoisotopic (exact) mass is 462 g/mol. The van der Waals surface area contributed by atoms with E-state index in [1.165, 1.54) is 0 Å². The molecule has 0 atom stereocenters. The minimum atomic E-state index is -0.00840. The van der Waals surface area contributed by atoms with E-state index in [2.05, 4.69) is 25.8 Å². The molecule has 1 heterocycles. The van der Waals surface area contributed by atoms with Crippen LogP contribution in [0, 0.1) is 13.8 Å². The van der Waals surface area contributed by atoms with Gasteiger partial charge in [0.1, 0.15) is 0 Å². The Bertz CT molecular complexity index is 1320. The number of fused-ring (bicyclic) bond motifs is 2. The lowest BCUT2D eigenvalue weighted by Gasteiger charge is -2.16. The summed E-state index contributed by atoms with van der Waals surface area (Å²) in [5.41, 5.74) is 4.79. The van der Waals surface area contributed by atoms with Gasteiger partial charge in [-0.25, -0.2) is 0 Å². The first-order valence-corrected chi connectivity index (χ1v) is 10.8. The molecule has 1 amide bonds. The number of nitrogens with zero attached hydrogens (tertiary/aromatic N) is 1. The minimum absolute atomic E-state index is 0.00840. The second-order valence-electron chi connectivity index (χ2n) is 7.63. The fraction of sp³-hybridized carbons (Fsp3) is 0.200. The van der Waals surface area contributed by atoms with Crippen molar-refractivity contribution in [1.82, 2.24) is 4.57 Å². The predicted octanol–water partition coefficient (Wildman–Crippen LogP) is 5.95. The summed E-state index contributed by atoms with van der Waals surface area (Å²) in [7, 11) is 0.